The Morgan fingerprint density at radius 3 is 2.83 bits per heavy atom. The minimum atomic E-state index is 0.517. The van der Waals surface area contributed by atoms with Gasteiger partial charge in [0.1, 0.15) is 0 Å². The van der Waals surface area contributed by atoms with E-state index in [1.807, 2.05) is 11.3 Å². The fourth-order valence-corrected chi connectivity index (χ4v) is 5.71. The lowest BCUT2D eigenvalue weighted by Crippen LogP contribution is -1.98. The van der Waals surface area contributed by atoms with Crippen LogP contribution in [0, 0.1) is 5.92 Å². The first kappa shape index (κ1) is 13.1. The lowest BCUT2D eigenvalue weighted by Gasteiger charge is -2.14. The third kappa shape index (κ3) is 2.54. The number of alkyl halides is 1. The topological polar surface area (TPSA) is 0 Å². The largest absolute Gasteiger partial charge is 0.142 e. The van der Waals surface area contributed by atoms with Gasteiger partial charge in [0.25, 0.3) is 0 Å². The molecule has 1 aliphatic carbocycles. The molecule has 18 heavy (non-hydrogen) atoms. The van der Waals surface area contributed by atoms with Crippen molar-refractivity contribution in [3.8, 4) is 0 Å². The van der Waals surface area contributed by atoms with Gasteiger partial charge in [0.05, 0.1) is 0 Å². The molecule has 2 aromatic rings. The summed E-state index contributed by atoms with van der Waals surface area (Å²) in [5.41, 5.74) is 1.48. The van der Waals surface area contributed by atoms with Crippen LogP contribution in [0.1, 0.15) is 42.5 Å². The Balaban J connectivity index is 1.86. The fraction of sp³-hybridized carbons (Fsp3) is 0.467. The Bertz CT molecular complexity index is 540. The van der Waals surface area contributed by atoms with Crippen molar-refractivity contribution in [1.82, 2.24) is 0 Å². The predicted molar refractivity (Wildman–Crippen MR) is 87.8 cm³/mol. The van der Waals surface area contributed by atoms with Crippen LogP contribution in [-0.2, 0) is 0 Å². The molecule has 1 aromatic heterocycles. The quantitative estimate of drug-likeness (QED) is 0.515. The number of thiophene rings is 1. The molecule has 0 amide bonds. The summed E-state index contributed by atoms with van der Waals surface area (Å²) >= 11 is 9.40. The zero-order valence-electron chi connectivity index (χ0n) is 10.2. The van der Waals surface area contributed by atoms with Gasteiger partial charge in [-0.25, -0.2) is 0 Å². The van der Waals surface area contributed by atoms with Crippen LogP contribution in [0.2, 0.25) is 0 Å². The van der Waals surface area contributed by atoms with Crippen LogP contribution in [0.15, 0.2) is 28.1 Å². The predicted octanol–water partition coefficient (Wildman–Crippen LogP) is 6.68. The second-order valence-electron chi connectivity index (χ2n) is 5.16. The summed E-state index contributed by atoms with van der Waals surface area (Å²) in [5.74, 6) is 0.927. The minimum absolute atomic E-state index is 0.517. The van der Waals surface area contributed by atoms with E-state index in [1.54, 1.807) is 0 Å². The van der Waals surface area contributed by atoms with E-state index < -0.39 is 0 Å². The highest BCUT2D eigenvalue weighted by Gasteiger charge is 2.21. The van der Waals surface area contributed by atoms with Gasteiger partial charge < -0.3 is 0 Å². The van der Waals surface area contributed by atoms with Crippen LogP contribution in [0.25, 0.3) is 10.1 Å². The summed E-state index contributed by atoms with van der Waals surface area (Å²) in [6, 6.07) is 6.51. The smallest absolute Gasteiger partial charge is 0.0488 e. The van der Waals surface area contributed by atoms with Crippen molar-refractivity contribution < 1.29 is 0 Å². The van der Waals surface area contributed by atoms with Crippen molar-refractivity contribution in [2.45, 2.75) is 36.9 Å². The first-order valence-corrected chi connectivity index (χ1v) is 9.14. The minimum Gasteiger partial charge on any atom is -0.142 e. The first-order valence-electron chi connectivity index (χ1n) is 6.55. The van der Waals surface area contributed by atoms with Gasteiger partial charge in [-0.15, -0.1) is 11.3 Å². The van der Waals surface area contributed by atoms with Crippen molar-refractivity contribution in [2.75, 3.05) is 0 Å². The van der Waals surface area contributed by atoms with E-state index in [4.69, 9.17) is 0 Å². The summed E-state index contributed by atoms with van der Waals surface area (Å²) in [7, 11) is 0. The molecule has 0 radical (unpaired) electrons. The number of hydrogen-bond donors (Lipinski definition) is 0. The molecule has 1 fully saturated rings. The zero-order valence-corrected chi connectivity index (χ0v) is 14.2. The van der Waals surface area contributed by atoms with Gasteiger partial charge in [0, 0.05) is 14.0 Å². The fourth-order valence-electron chi connectivity index (χ4n) is 2.95. The molecule has 0 bridgehead atoms. The molecule has 0 saturated heterocycles. The first-order chi connectivity index (χ1) is 8.75. The number of rotatable bonds is 3. The van der Waals surface area contributed by atoms with Gasteiger partial charge in [-0.05, 0) is 50.7 Å². The van der Waals surface area contributed by atoms with Crippen LogP contribution in [0.3, 0.4) is 0 Å². The third-order valence-corrected chi connectivity index (χ3v) is 6.77. The van der Waals surface area contributed by atoms with Gasteiger partial charge in [-0.2, -0.15) is 0 Å². The lowest BCUT2D eigenvalue weighted by atomic mass is 9.98. The molecular weight excluding hydrogens is 372 g/mol. The molecule has 0 aliphatic heterocycles. The molecule has 1 heterocycles. The molecule has 1 atom stereocenters. The summed E-state index contributed by atoms with van der Waals surface area (Å²) in [6.45, 7) is 0. The maximum absolute atomic E-state index is 3.91. The van der Waals surface area contributed by atoms with E-state index in [0.717, 1.165) is 5.92 Å². The van der Waals surface area contributed by atoms with Crippen molar-refractivity contribution in [2.24, 2.45) is 5.92 Å². The second kappa shape index (κ2) is 5.64. The van der Waals surface area contributed by atoms with Crippen LogP contribution < -0.4 is 0 Å². The van der Waals surface area contributed by atoms with Crippen LogP contribution >= 0.6 is 43.2 Å². The highest BCUT2D eigenvalue weighted by atomic mass is 79.9. The molecule has 1 aliphatic rings. The molecule has 96 valence electrons. The average molecular weight is 388 g/mol. The summed E-state index contributed by atoms with van der Waals surface area (Å²) in [6.07, 6.45) is 7.00. The maximum Gasteiger partial charge on any atom is 0.0488 e. The molecule has 3 rings (SSSR count). The number of halogens is 2. The molecular formula is C15H16Br2S. The molecule has 1 saturated carbocycles. The van der Waals surface area contributed by atoms with Gasteiger partial charge in [-0.3, -0.25) is 0 Å². The Morgan fingerprint density at radius 2 is 2.06 bits per heavy atom. The maximum atomic E-state index is 3.91. The van der Waals surface area contributed by atoms with Crippen LogP contribution in [0.5, 0.6) is 0 Å². The molecule has 3 heteroatoms. The number of benzene rings is 1. The van der Waals surface area contributed by atoms with Crippen molar-refractivity contribution in [3.05, 3.63) is 33.6 Å². The van der Waals surface area contributed by atoms with E-state index in [2.05, 4.69) is 55.4 Å². The SMILES string of the molecule is Brc1cccc2c(C(Br)CC3CCCC3)csc12. The molecule has 1 aromatic carbocycles. The Kier molecular flexibility index (Phi) is 4.12. The summed E-state index contributed by atoms with van der Waals surface area (Å²) in [4.78, 5) is 0.517. The van der Waals surface area contributed by atoms with Crippen molar-refractivity contribution >= 4 is 53.3 Å². The Morgan fingerprint density at radius 1 is 1.28 bits per heavy atom. The van der Waals surface area contributed by atoms with Crippen molar-refractivity contribution in [3.63, 3.8) is 0 Å². The number of hydrogen-bond acceptors (Lipinski definition) is 1. The van der Waals surface area contributed by atoms with Crippen molar-refractivity contribution in [1.29, 1.82) is 0 Å². The molecule has 0 nitrogen and oxygen atoms in total. The monoisotopic (exact) mass is 386 g/mol. The van der Waals surface area contributed by atoms with E-state index in [-0.39, 0.29) is 0 Å². The molecule has 0 N–H and O–H groups in total. The highest BCUT2D eigenvalue weighted by Crippen LogP contribution is 2.42. The van der Waals surface area contributed by atoms with Gasteiger partial charge in [-0.1, -0.05) is 53.7 Å². The van der Waals surface area contributed by atoms with Gasteiger partial charge in [0.15, 0.2) is 0 Å². The normalized spacial score (nSPS) is 18.6. The van der Waals surface area contributed by atoms with E-state index in [9.17, 15) is 0 Å². The highest BCUT2D eigenvalue weighted by molar-refractivity contribution is 9.10. The zero-order chi connectivity index (χ0) is 12.5. The van der Waals surface area contributed by atoms with E-state index >= 15 is 0 Å². The van der Waals surface area contributed by atoms with Crippen LogP contribution in [0.4, 0.5) is 0 Å². The lowest BCUT2D eigenvalue weighted by molar-refractivity contribution is 0.503. The standard InChI is InChI=1S/C15H16Br2S/c16-13-7-3-6-11-12(9-18-15(11)13)14(17)8-10-4-1-2-5-10/h3,6-7,9-10,14H,1-2,4-5,8H2. The molecule has 0 spiro atoms. The second-order valence-corrected chi connectivity index (χ2v) is 8.00. The molecule has 1 unspecified atom stereocenters. The average Bonchev–Trinajstić information content (AvgIpc) is 2.98. The summed E-state index contributed by atoms with van der Waals surface area (Å²) in [5, 5.41) is 3.73. The van der Waals surface area contributed by atoms with Crippen LogP contribution in [-0.4, -0.2) is 0 Å². The Labute approximate surface area is 129 Å². The van der Waals surface area contributed by atoms with E-state index in [1.165, 1.54) is 52.2 Å². The number of fused-ring (bicyclic) bond motifs is 1. The third-order valence-electron chi connectivity index (χ3n) is 3.93. The Hall–Kier alpha value is 0.140. The van der Waals surface area contributed by atoms with Gasteiger partial charge >= 0.3 is 0 Å². The van der Waals surface area contributed by atoms with E-state index in [0.29, 0.717) is 4.83 Å². The van der Waals surface area contributed by atoms with Gasteiger partial charge in [0.2, 0.25) is 0 Å². The summed E-state index contributed by atoms with van der Waals surface area (Å²) < 4.78 is 2.60.